The Bertz CT molecular complexity index is 1110. The van der Waals surface area contributed by atoms with Crippen LogP contribution in [-0.4, -0.2) is 6.26 Å². The molecule has 0 N–H and O–H groups in total. The summed E-state index contributed by atoms with van der Waals surface area (Å²) >= 11 is 8.07. The number of benzene rings is 4. The Hall–Kier alpha value is -2.22. The number of rotatable bonds is 2. The number of halogens is 1. The Labute approximate surface area is 156 Å². The van der Waals surface area contributed by atoms with E-state index in [9.17, 15) is 0 Å². The van der Waals surface area contributed by atoms with E-state index in [0.29, 0.717) is 0 Å². The summed E-state index contributed by atoms with van der Waals surface area (Å²) in [5.74, 6) is 0. The zero-order valence-electron chi connectivity index (χ0n) is 13.7. The van der Waals surface area contributed by atoms with Crippen LogP contribution >= 0.6 is 23.4 Å². The average molecular weight is 359 g/mol. The SMILES string of the molecule is CSc1ccc(Cl)cc1-c1ccc2c3c(cccc13)-c1ccccc1-2. The van der Waals surface area contributed by atoms with Crippen LogP contribution in [0.5, 0.6) is 0 Å². The van der Waals surface area contributed by atoms with E-state index in [0.717, 1.165) is 5.02 Å². The van der Waals surface area contributed by atoms with Crippen LogP contribution in [-0.2, 0) is 0 Å². The van der Waals surface area contributed by atoms with Crippen molar-refractivity contribution in [1.29, 1.82) is 0 Å². The molecule has 0 atom stereocenters. The molecule has 0 spiro atoms. The second-order valence-corrected chi connectivity index (χ2v) is 7.56. The maximum Gasteiger partial charge on any atom is 0.0412 e. The zero-order chi connectivity index (χ0) is 17.0. The van der Waals surface area contributed by atoms with E-state index in [1.165, 1.54) is 49.0 Å². The lowest BCUT2D eigenvalue weighted by Gasteiger charge is -2.13. The van der Waals surface area contributed by atoms with Crippen LogP contribution < -0.4 is 0 Å². The van der Waals surface area contributed by atoms with Crippen molar-refractivity contribution in [3.63, 3.8) is 0 Å². The van der Waals surface area contributed by atoms with Crippen LogP contribution in [0.4, 0.5) is 0 Å². The molecule has 0 fully saturated rings. The summed E-state index contributed by atoms with van der Waals surface area (Å²) in [6.07, 6.45) is 2.11. The molecular formula is C23H15ClS. The molecule has 1 aliphatic carbocycles. The summed E-state index contributed by atoms with van der Waals surface area (Å²) in [4.78, 5) is 1.25. The lowest BCUT2D eigenvalue weighted by molar-refractivity contribution is 1.46. The van der Waals surface area contributed by atoms with Crippen LogP contribution in [0.1, 0.15) is 0 Å². The molecule has 120 valence electrons. The summed E-state index contributed by atoms with van der Waals surface area (Å²) in [6, 6.07) is 26.0. The molecule has 2 heteroatoms. The lowest BCUT2D eigenvalue weighted by Crippen LogP contribution is -1.86. The average Bonchev–Trinajstić information content (AvgIpc) is 2.98. The van der Waals surface area contributed by atoms with Gasteiger partial charge in [0, 0.05) is 9.92 Å². The maximum atomic E-state index is 6.31. The minimum Gasteiger partial charge on any atom is -0.129 e. The smallest absolute Gasteiger partial charge is 0.0412 e. The Kier molecular flexibility index (Phi) is 3.41. The molecule has 0 unspecified atom stereocenters. The van der Waals surface area contributed by atoms with Gasteiger partial charge in [0.2, 0.25) is 0 Å². The van der Waals surface area contributed by atoms with E-state index in [4.69, 9.17) is 11.6 Å². The highest BCUT2D eigenvalue weighted by molar-refractivity contribution is 7.98. The van der Waals surface area contributed by atoms with E-state index < -0.39 is 0 Å². The lowest BCUT2D eigenvalue weighted by atomic mass is 9.94. The first-order valence-corrected chi connectivity index (χ1v) is 9.87. The van der Waals surface area contributed by atoms with Gasteiger partial charge in [-0.25, -0.2) is 0 Å². The molecule has 0 bridgehead atoms. The van der Waals surface area contributed by atoms with Gasteiger partial charge in [0.1, 0.15) is 0 Å². The van der Waals surface area contributed by atoms with Gasteiger partial charge in [0.25, 0.3) is 0 Å². The molecule has 0 saturated heterocycles. The number of thioether (sulfide) groups is 1. The van der Waals surface area contributed by atoms with Crippen molar-refractivity contribution in [2.45, 2.75) is 4.90 Å². The third-order valence-electron chi connectivity index (χ3n) is 5.00. The first kappa shape index (κ1) is 15.1. The van der Waals surface area contributed by atoms with Crippen LogP contribution in [0, 0.1) is 0 Å². The molecule has 0 aromatic heterocycles. The van der Waals surface area contributed by atoms with Crippen LogP contribution in [0.25, 0.3) is 44.2 Å². The highest BCUT2D eigenvalue weighted by atomic mass is 35.5. The highest BCUT2D eigenvalue weighted by Gasteiger charge is 2.22. The van der Waals surface area contributed by atoms with Crippen molar-refractivity contribution in [3.8, 4) is 33.4 Å². The third-order valence-corrected chi connectivity index (χ3v) is 6.03. The summed E-state index contributed by atoms with van der Waals surface area (Å²) in [7, 11) is 0. The standard InChI is InChI=1S/C23H15ClS/c1-25-22-12-9-14(24)13-21(22)17-10-11-20-16-6-3-2-5-15(16)18-7-4-8-19(17)23(18)20/h2-13H,1H3. The molecule has 25 heavy (non-hydrogen) atoms. The summed E-state index contributed by atoms with van der Waals surface area (Å²) < 4.78 is 0. The summed E-state index contributed by atoms with van der Waals surface area (Å²) in [6.45, 7) is 0. The topological polar surface area (TPSA) is 0 Å². The Morgan fingerprint density at radius 2 is 1.32 bits per heavy atom. The van der Waals surface area contributed by atoms with Crippen molar-refractivity contribution in [2.24, 2.45) is 0 Å². The van der Waals surface area contributed by atoms with Gasteiger partial charge >= 0.3 is 0 Å². The van der Waals surface area contributed by atoms with Crippen LogP contribution in [0.15, 0.2) is 77.7 Å². The van der Waals surface area contributed by atoms with Gasteiger partial charge in [-0.3, -0.25) is 0 Å². The van der Waals surface area contributed by atoms with Crippen molar-refractivity contribution in [1.82, 2.24) is 0 Å². The minimum absolute atomic E-state index is 0.777. The van der Waals surface area contributed by atoms with Gasteiger partial charge in [-0.05, 0) is 68.6 Å². The second-order valence-electron chi connectivity index (χ2n) is 6.28. The van der Waals surface area contributed by atoms with E-state index in [1.807, 2.05) is 6.07 Å². The fourth-order valence-electron chi connectivity index (χ4n) is 3.93. The fourth-order valence-corrected chi connectivity index (χ4v) is 4.70. The van der Waals surface area contributed by atoms with E-state index in [-0.39, 0.29) is 0 Å². The largest absolute Gasteiger partial charge is 0.129 e. The monoisotopic (exact) mass is 358 g/mol. The van der Waals surface area contributed by atoms with Gasteiger partial charge in [-0.15, -0.1) is 11.8 Å². The van der Waals surface area contributed by atoms with Gasteiger partial charge in [0.05, 0.1) is 0 Å². The predicted octanol–water partition coefficient (Wildman–Crippen LogP) is 7.53. The first-order valence-electron chi connectivity index (χ1n) is 8.27. The van der Waals surface area contributed by atoms with E-state index in [2.05, 4.69) is 73.0 Å². The molecule has 5 rings (SSSR count). The maximum absolute atomic E-state index is 6.31. The van der Waals surface area contributed by atoms with Crippen molar-refractivity contribution in [2.75, 3.05) is 6.26 Å². The summed E-state index contributed by atoms with van der Waals surface area (Å²) in [5, 5.41) is 3.43. The zero-order valence-corrected chi connectivity index (χ0v) is 15.3. The van der Waals surface area contributed by atoms with Gasteiger partial charge in [-0.2, -0.15) is 0 Å². The Balaban J connectivity index is 1.88. The fraction of sp³-hybridized carbons (Fsp3) is 0.0435. The second kappa shape index (κ2) is 5.66. The molecule has 4 aromatic carbocycles. The normalized spacial score (nSPS) is 11.8. The summed E-state index contributed by atoms with van der Waals surface area (Å²) in [5.41, 5.74) is 7.78. The molecular weight excluding hydrogens is 344 g/mol. The molecule has 0 radical (unpaired) electrons. The highest BCUT2D eigenvalue weighted by Crippen LogP contribution is 2.49. The van der Waals surface area contributed by atoms with Gasteiger partial charge in [-0.1, -0.05) is 66.2 Å². The van der Waals surface area contributed by atoms with Gasteiger partial charge in [0.15, 0.2) is 0 Å². The molecule has 0 nitrogen and oxygen atoms in total. The third kappa shape index (κ3) is 2.16. The van der Waals surface area contributed by atoms with Crippen molar-refractivity contribution in [3.05, 3.63) is 77.8 Å². The van der Waals surface area contributed by atoms with Crippen LogP contribution in [0.2, 0.25) is 5.02 Å². The molecule has 0 saturated carbocycles. The first-order chi connectivity index (χ1) is 12.3. The van der Waals surface area contributed by atoms with Crippen molar-refractivity contribution >= 4 is 34.1 Å². The predicted molar refractivity (Wildman–Crippen MR) is 111 cm³/mol. The van der Waals surface area contributed by atoms with E-state index >= 15 is 0 Å². The van der Waals surface area contributed by atoms with Gasteiger partial charge < -0.3 is 0 Å². The molecule has 4 aromatic rings. The minimum atomic E-state index is 0.777. The molecule has 0 amide bonds. The van der Waals surface area contributed by atoms with Crippen molar-refractivity contribution < 1.29 is 0 Å². The quantitative estimate of drug-likeness (QED) is 0.294. The van der Waals surface area contributed by atoms with E-state index in [1.54, 1.807) is 11.8 Å². The Morgan fingerprint density at radius 3 is 2.08 bits per heavy atom. The Morgan fingerprint density at radius 1 is 0.640 bits per heavy atom. The molecule has 1 aliphatic rings. The van der Waals surface area contributed by atoms with Crippen LogP contribution in [0.3, 0.4) is 0 Å². The molecule has 0 aliphatic heterocycles. The number of hydrogen-bond donors (Lipinski definition) is 0. The molecule has 0 heterocycles. The number of fused-ring (bicyclic) bond motifs is 3. The number of hydrogen-bond acceptors (Lipinski definition) is 1.